The molecule has 22 heavy (non-hydrogen) atoms. The van der Waals surface area contributed by atoms with E-state index in [0.29, 0.717) is 6.54 Å². The first-order valence-electron chi connectivity index (χ1n) is 8.25. The van der Waals surface area contributed by atoms with Gasteiger partial charge in [0.2, 0.25) is 0 Å². The first-order chi connectivity index (χ1) is 10.6. The standard InChI is InChI=1S/C18H28N2O2/c1-18(2,22-17(21)16-9-12-19-13-10-16)14-20-11-8-15-6-4-3-5-7-15/h3-7,16,19-20H,8-14H2,1-2H3. The summed E-state index contributed by atoms with van der Waals surface area (Å²) < 4.78 is 5.70. The fourth-order valence-corrected chi connectivity index (χ4v) is 2.72. The van der Waals surface area contributed by atoms with E-state index in [9.17, 15) is 4.79 Å². The quantitative estimate of drug-likeness (QED) is 0.598. The molecule has 1 aromatic rings. The summed E-state index contributed by atoms with van der Waals surface area (Å²) in [6, 6.07) is 10.4. The topological polar surface area (TPSA) is 50.4 Å². The molecule has 1 aliphatic rings. The lowest BCUT2D eigenvalue weighted by Gasteiger charge is -2.29. The second-order valence-electron chi connectivity index (χ2n) is 6.62. The maximum Gasteiger partial charge on any atom is 0.309 e. The molecule has 1 heterocycles. The number of benzene rings is 1. The van der Waals surface area contributed by atoms with E-state index in [1.807, 2.05) is 19.9 Å². The SMILES string of the molecule is CC(C)(CNCCc1ccccc1)OC(=O)C1CCNCC1. The Bertz CT molecular complexity index is 453. The first-order valence-corrected chi connectivity index (χ1v) is 8.25. The molecule has 0 radical (unpaired) electrons. The molecule has 2 rings (SSSR count). The predicted molar refractivity (Wildman–Crippen MR) is 88.8 cm³/mol. The Kier molecular flexibility index (Phi) is 6.40. The fraction of sp³-hybridized carbons (Fsp3) is 0.611. The Morgan fingerprint density at radius 2 is 1.95 bits per heavy atom. The molecule has 1 aromatic carbocycles. The summed E-state index contributed by atoms with van der Waals surface area (Å²) in [6.45, 7) is 7.34. The summed E-state index contributed by atoms with van der Waals surface area (Å²) in [5, 5.41) is 6.66. The van der Waals surface area contributed by atoms with Gasteiger partial charge in [-0.1, -0.05) is 30.3 Å². The number of nitrogens with one attached hydrogen (secondary N) is 2. The van der Waals surface area contributed by atoms with Crippen molar-refractivity contribution < 1.29 is 9.53 Å². The minimum absolute atomic E-state index is 0.0450. The predicted octanol–water partition coefficient (Wildman–Crippen LogP) is 2.14. The highest BCUT2D eigenvalue weighted by atomic mass is 16.6. The molecule has 1 saturated heterocycles. The van der Waals surface area contributed by atoms with Crippen LogP contribution in [0.4, 0.5) is 0 Å². The van der Waals surface area contributed by atoms with Gasteiger partial charge in [0.15, 0.2) is 0 Å². The number of hydrogen-bond acceptors (Lipinski definition) is 4. The Hall–Kier alpha value is -1.39. The molecule has 0 saturated carbocycles. The zero-order chi connectivity index (χ0) is 15.8. The van der Waals surface area contributed by atoms with Crippen LogP contribution in [0.15, 0.2) is 30.3 Å². The van der Waals surface area contributed by atoms with Gasteiger partial charge in [-0.15, -0.1) is 0 Å². The highest BCUT2D eigenvalue weighted by molar-refractivity contribution is 5.73. The molecule has 4 heteroatoms. The van der Waals surface area contributed by atoms with Crippen LogP contribution in [0.3, 0.4) is 0 Å². The van der Waals surface area contributed by atoms with Crippen LogP contribution in [-0.2, 0) is 16.0 Å². The number of carbonyl (C=O) groups is 1. The summed E-state index contributed by atoms with van der Waals surface area (Å²) in [5.41, 5.74) is 0.859. The van der Waals surface area contributed by atoms with E-state index in [-0.39, 0.29) is 11.9 Å². The van der Waals surface area contributed by atoms with Crippen molar-refractivity contribution in [2.24, 2.45) is 5.92 Å². The summed E-state index contributed by atoms with van der Waals surface area (Å²) in [7, 11) is 0. The molecule has 0 bridgehead atoms. The lowest BCUT2D eigenvalue weighted by atomic mass is 9.98. The zero-order valence-electron chi connectivity index (χ0n) is 13.7. The van der Waals surface area contributed by atoms with Crippen molar-refractivity contribution in [3.63, 3.8) is 0 Å². The number of rotatable bonds is 7. The van der Waals surface area contributed by atoms with Crippen molar-refractivity contribution in [2.45, 2.75) is 38.7 Å². The molecule has 122 valence electrons. The molecule has 0 spiro atoms. The Labute approximate surface area is 133 Å². The molecule has 1 aliphatic heterocycles. The average molecular weight is 304 g/mol. The smallest absolute Gasteiger partial charge is 0.309 e. The minimum Gasteiger partial charge on any atom is -0.458 e. The van der Waals surface area contributed by atoms with E-state index < -0.39 is 5.60 Å². The molecular weight excluding hydrogens is 276 g/mol. The van der Waals surface area contributed by atoms with Gasteiger partial charge < -0.3 is 15.4 Å². The highest BCUT2D eigenvalue weighted by Crippen LogP contribution is 2.18. The van der Waals surface area contributed by atoms with Crippen molar-refractivity contribution in [1.29, 1.82) is 0 Å². The van der Waals surface area contributed by atoms with E-state index in [2.05, 4.69) is 34.9 Å². The van der Waals surface area contributed by atoms with Gasteiger partial charge in [-0.25, -0.2) is 0 Å². The lowest BCUT2D eigenvalue weighted by molar-refractivity contribution is -0.162. The van der Waals surface area contributed by atoms with Crippen molar-refractivity contribution in [1.82, 2.24) is 10.6 Å². The normalized spacial score (nSPS) is 16.5. The molecule has 0 atom stereocenters. The van der Waals surface area contributed by atoms with Gasteiger partial charge in [0.05, 0.1) is 5.92 Å². The lowest BCUT2D eigenvalue weighted by Crippen LogP contribution is -2.43. The van der Waals surface area contributed by atoms with E-state index in [0.717, 1.165) is 38.9 Å². The van der Waals surface area contributed by atoms with Gasteiger partial charge in [0, 0.05) is 6.54 Å². The molecule has 0 unspecified atom stereocenters. The summed E-state index contributed by atoms with van der Waals surface area (Å²) in [6.07, 6.45) is 2.76. The molecule has 0 aromatic heterocycles. The summed E-state index contributed by atoms with van der Waals surface area (Å²) in [5.74, 6) is 0.0150. The van der Waals surface area contributed by atoms with E-state index >= 15 is 0 Å². The number of piperidine rings is 1. The third-order valence-corrected chi connectivity index (χ3v) is 4.03. The Balaban J connectivity index is 1.67. The average Bonchev–Trinajstić information content (AvgIpc) is 2.53. The number of ether oxygens (including phenoxy) is 1. The molecule has 1 fully saturated rings. The highest BCUT2D eigenvalue weighted by Gasteiger charge is 2.28. The van der Waals surface area contributed by atoms with Crippen molar-refractivity contribution >= 4 is 5.97 Å². The fourth-order valence-electron chi connectivity index (χ4n) is 2.72. The molecule has 4 nitrogen and oxygen atoms in total. The van der Waals surface area contributed by atoms with Crippen LogP contribution in [-0.4, -0.2) is 37.7 Å². The van der Waals surface area contributed by atoms with Gasteiger partial charge in [0.1, 0.15) is 5.60 Å². The maximum absolute atomic E-state index is 12.2. The number of hydrogen-bond donors (Lipinski definition) is 2. The second kappa shape index (κ2) is 8.30. The molecule has 0 amide bonds. The number of carbonyl (C=O) groups excluding carboxylic acids is 1. The van der Waals surface area contributed by atoms with Crippen LogP contribution in [0, 0.1) is 5.92 Å². The van der Waals surface area contributed by atoms with Crippen molar-refractivity contribution in [3.05, 3.63) is 35.9 Å². The van der Waals surface area contributed by atoms with Crippen molar-refractivity contribution in [3.8, 4) is 0 Å². The van der Waals surface area contributed by atoms with Gasteiger partial charge in [-0.3, -0.25) is 4.79 Å². The Morgan fingerprint density at radius 3 is 2.64 bits per heavy atom. The molecule has 0 aliphatic carbocycles. The van der Waals surface area contributed by atoms with Gasteiger partial charge in [-0.05, 0) is 58.3 Å². The van der Waals surface area contributed by atoms with Crippen LogP contribution in [0.1, 0.15) is 32.3 Å². The monoisotopic (exact) mass is 304 g/mol. The summed E-state index contributed by atoms with van der Waals surface area (Å²) >= 11 is 0. The Morgan fingerprint density at radius 1 is 1.27 bits per heavy atom. The van der Waals surface area contributed by atoms with Crippen LogP contribution < -0.4 is 10.6 Å². The zero-order valence-corrected chi connectivity index (χ0v) is 13.7. The maximum atomic E-state index is 12.2. The van der Waals surface area contributed by atoms with E-state index in [4.69, 9.17) is 4.74 Å². The van der Waals surface area contributed by atoms with Crippen LogP contribution >= 0.6 is 0 Å². The minimum atomic E-state index is -0.460. The van der Waals surface area contributed by atoms with Crippen LogP contribution in [0.25, 0.3) is 0 Å². The van der Waals surface area contributed by atoms with Gasteiger partial charge >= 0.3 is 5.97 Å². The van der Waals surface area contributed by atoms with Crippen LogP contribution in [0.5, 0.6) is 0 Å². The van der Waals surface area contributed by atoms with E-state index in [1.165, 1.54) is 5.56 Å². The van der Waals surface area contributed by atoms with E-state index in [1.54, 1.807) is 0 Å². The number of esters is 1. The molecular formula is C18H28N2O2. The van der Waals surface area contributed by atoms with Gasteiger partial charge in [0.25, 0.3) is 0 Å². The largest absolute Gasteiger partial charge is 0.458 e. The summed E-state index contributed by atoms with van der Waals surface area (Å²) in [4.78, 5) is 12.2. The first kappa shape index (κ1) is 17.0. The van der Waals surface area contributed by atoms with Crippen molar-refractivity contribution in [2.75, 3.05) is 26.2 Å². The third-order valence-electron chi connectivity index (χ3n) is 4.03. The molecule has 2 N–H and O–H groups in total. The van der Waals surface area contributed by atoms with Gasteiger partial charge in [-0.2, -0.15) is 0 Å². The second-order valence-corrected chi connectivity index (χ2v) is 6.62. The third kappa shape index (κ3) is 5.78. The van der Waals surface area contributed by atoms with Crippen LogP contribution in [0.2, 0.25) is 0 Å².